The van der Waals surface area contributed by atoms with Gasteiger partial charge in [-0.05, 0) is 17.9 Å². The van der Waals surface area contributed by atoms with Crippen LogP contribution < -0.4 is 21.7 Å². The summed E-state index contributed by atoms with van der Waals surface area (Å²) in [5.41, 5.74) is 5.94. The molecule has 166 valence electrons. The minimum Gasteiger partial charge on any atom is -0.480 e. The largest absolute Gasteiger partial charge is 0.480 e. The Balaban J connectivity index is 3.00. The number of aliphatic carboxylic acids is 1. The van der Waals surface area contributed by atoms with Crippen LogP contribution in [0.5, 0.6) is 0 Å². The normalized spacial score (nSPS) is 13.8. The van der Waals surface area contributed by atoms with Gasteiger partial charge < -0.3 is 31.9 Å². The Morgan fingerprint density at radius 2 is 1.50 bits per heavy atom. The average molecular weight is 422 g/mol. The van der Waals surface area contributed by atoms with Crippen LogP contribution in [0.2, 0.25) is 0 Å². The van der Waals surface area contributed by atoms with E-state index in [9.17, 15) is 29.4 Å². The van der Waals surface area contributed by atoms with E-state index in [0.29, 0.717) is 0 Å². The fourth-order valence-corrected chi connectivity index (χ4v) is 2.74. The lowest BCUT2D eigenvalue weighted by atomic mass is 10.0. The number of aliphatic hydroxyl groups is 1. The Morgan fingerprint density at radius 3 is 2.00 bits per heavy atom. The van der Waals surface area contributed by atoms with Crippen LogP contribution in [-0.2, 0) is 25.6 Å². The number of rotatable bonds is 12. The van der Waals surface area contributed by atoms with E-state index < -0.39 is 48.4 Å². The number of aliphatic hydroxyl groups excluding tert-OH is 1. The lowest BCUT2D eigenvalue weighted by molar-refractivity contribution is -0.142. The summed E-state index contributed by atoms with van der Waals surface area (Å²) in [7, 11) is 0. The number of nitrogens with one attached hydrogen (secondary N) is 3. The summed E-state index contributed by atoms with van der Waals surface area (Å²) in [5.74, 6) is -3.26. The highest BCUT2D eigenvalue weighted by Gasteiger charge is 2.29. The second kappa shape index (κ2) is 12.6. The molecular formula is C20H30N4O6. The fourth-order valence-electron chi connectivity index (χ4n) is 2.74. The molecule has 0 aliphatic carbocycles. The smallest absolute Gasteiger partial charge is 0.326 e. The lowest BCUT2D eigenvalue weighted by Gasteiger charge is -2.24. The molecule has 0 heterocycles. The maximum Gasteiger partial charge on any atom is 0.326 e. The van der Waals surface area contributed by atoms with E-state index in [1.807, 2.05) is 13.8 Å². The van der Waals surface area contributed by atoms with E-state index >= 15 is 0 Å². The molecule has 1 aromatic rings. The zero-order valence-electron chi connectivity index (χ0n) is 17.1. The van der Waals surface area contributed by atoms with Gasteiger partial charge in [0.15, 0.2) is 0 Å². The molecule has 1 aromatic carbocycles. The zero-order valence-corrected chi connectivity index (χ0v) is 17.1. The molecule has 0 radical (unpaired) electrons. The molecule has 0 spiro atoms. The lowest BCUT2D eigenvalue weighted by Crippen LogP contribution is -2.57. The van der Waals surface area contributed by atoms with E-state index in [1.165, 1.54) is 0 Å². The summed E-state index contributed by atoms with van der Waals surface area (Å²) in [6.45, 7) is 2.60. The van der Waals surface area contributed by atoms with Crippen LogP contribution in [-0.4, -0.2) is 65.2 Å². The molecule has 0 bridgehead atoms. The zero-order chi connectivity index (χ0) is 22.7. The number of hydrogen-bond donors (Lipinski definition) is 6. The van der Waals surface area contributed by atoms with Crippen molar-refractivity contribution in [3.05, 3.63) is 35.9 Å². The first-order valence-electron chi connectivity index (χ1n) is 9.65. The SMILES string of the molecule is CC(C)CC(NC(=O)C(Cc1ccccc1)NC(=O)C(CO)NC(=O)CN)C(=O)O. The molecule has 0 saturated heterocycles. The van der Waals surface area contributed by atoms with Gasteiger partial charge in [-0.25, -0.2) is 4.79 Å². The molecule has 10 nitrogen and oxygen atoms in total. The van der Waals surface area contributed by atoms with Crippen molar-refractivity contribution in [1.29, 1.82) is 0 Å². The Bertz CT molecular complexity index is 725. The van der Waals surface area contributed by atoms with Gasteiger partial charge in [0.05, 0.1) is 13.2 Å². The van der Waals surface area contributed by atoms with Crippen LogP contribution in [0.4, 0.5) is 0 Å². The topological polar surface area (TPSA) is 171 Å². The number of benzene rings is 1. The molecule has 0 aromatic heterocycles. The Labute approximate surface area is 175 Å². The van der Waals surface area contributed by atoms with Gasteiger partial charge in [0, 0.05) is 6.42 Å². The van der Waals surface area contributed by atoms with Crippen LogP contribution in [0, 0.1) is 5.92 Å². The minimum atomic E-state index is -1.29. The van der Waals surface area contributed by atoms with Gasteiger partial charge in [-0.1, -0.05) is 44.2 Å². The second-order valence-corrected chi connectivity index (χ2v) is 7.29. The van der Waals surface area contributed by atoms with Gasteiger partial charge in [0.25, 0.3) is 0 Å². The third-order valence-corrected chi connectivity index (χ3v) is 4.26. The predicted molar refractivity (Wildman–Crippen MR) is 109 cm³/mol. The third-order valence-electron chi connectivity index (χ3n) is 4.26. The van der Waals surface area contributed by atoms with E-state index in [2.05, 4.69) is 16.0 Å². The quantitative estimate of drug-likeness (QED) is 0.245. The summed E-state index contributed by atoms with van der Waals surface area (Å²) in [4.78, 5) is 48.3. The number of amides is 3. The van der Waals surface area contributed by atoms with E-state index in [1.54, 1.807) is 30.3 Å². The van der Waals surface area contributed by atoms with Gasteiger partial charge in [-0.3, -0.25) is 14.4 Å². The number of carbonyl (C=O) groups is 4. The molecule has 1 rings (SSSR count). The van der Waals surface area contributed by atoms with Crippen molar-refractivity contribution in [3.63, 3.8) is 0 Å². The van der Waals surface area contributed by atoms with Crippen LogP contribution in [0.15, 0.2) is 30.3 Å². The Hall–Kier alpha value is -2.98. The first-order chi connectivity index (χ1) is 14.2. The number of carboxylic acid groups (broad SMARTS) is 1. The van der Waals surface area contributed by atoms with Crippen LogP contribution >= 0.6 is 0 Å². The first-order valence-corrected chi connectivity index (χ1v) is 9.65. The molecule has 10 heteroatoms. The van der Waals surface area contributed by atoms with Crippen molar-refractivity contribution in [2.24, 2.45) is 11.7 Å². The highest BCUT2D eigenvalue weighted by atomic mass is 16.4. The molecular weight excluding hydrogens is 392 g/mol. The van der Waals surface area contributed by atoms with Gasteiger partial charge >= 0.3 is 5.97 Å². The third kappa shape index (κ3) is 8.58. The standard InChI is InChI=1S/C20H30N4O6/c1-12(2)8-15(20(29)30)24-18(27)14(9-13-6-4-3-5-7-13)23-19(28)16(11-25)22-17(26)10-21/h3-7,12,14-16,25H,8-11,21H2,1-2H3,(H,22,26)(H,23,28)(H,24,27)(H,29,30). The molecule has 0 fully saturated rings. The van der Waals surface area contributed by atoms with Crippen molar-refractivity contribution in [2.75, 3.05) is 13.2 Å². The Kier molecular flexibility index (Phi) is 10.5. The maximum atomic E-state index is 12.8. The van der Waals surface area contributed by atoms with Gasteiger partial charge in [-0.15, -0.1) is 0 Å². The summed E-state index contributed by atoms with van der Waals surface area (Å²) in [6.07, 6.45) is 0.314. The van der Waals surface area contributed by atoms with Crippen molar-refractivity contribution >= 4 is 23.7 Å². The monoisotopic (exact) mass is 422 g/mol. The van der Waals surface area contributed by atoms with Crippen LogP contribution in [0.3, 0.4) is 0 Å². The molecule has 0 saturated carbocycles. The van der Waals surface area contributed by atoms with E-state index in [4.69, 9.17) is 5.73 Å². The average Bonchev–Trinajstić information content (AvgIpc) is 2.70. The molecule has 0 aliphatic heterocycles. The highest BCUT2D eigenvalue weighted by molar-refractivity contribution is 5.93. The summed E-state index contributed by atoms with van der Waals surface area (Å²) in [6, 6.07) is 5.33. The molecule has 30 heavy (non-hydrogen) atoms. The number of nitrogens with two attached hydrogens (primary N) is 1. The molecule has 7 N–H and O–H groups in total. The number of carboxylic acids is 1. The van der Waals surface area contributed by atoms with E-state index in [0.717, 1.165) is 5.56 Å². The summed E-state index contributed by atoms with van der Waals surface area (Å²) < 4.78 is 0. The minimum absolute atomic E-state index is 0.0267. The highest BCUT2D eigenvalue weighted by Crippen LogP contribution is 2.08. The summed E-state index contributed by atoms with van der Waals surface area (Å²) >= 11 is 0. The van der Waals surface area contributed by atoms with Crippen LogP contribution in [0.25, 0.3) is 0 Å². The van der Waals surface area contributed by atoms with Crippen molar-refractivity contribution in [1.82, 2.24) is 16.0 Å². The van der Waals surface area contributed by atoms with Crippen molar-refractivity contribution < 1.29 is 29.4 Å². The number of carbonyl (C=O) groups excluding carboxylic acids is 3. The van der Waals surface area contributed by atoms with Crippen molar-refractivity contribution in [2.45, 2.75) is 44.8 Å². The van der Waals surface area contributed by atoms with Gasteiger partial charge in [0.1, 0.15) is 18.1 Å². The fraction of sp³-hybridized carbons (Fsp3) is 0.500. The first kappa shape index (κ1) is 25.1. The molecule has 3 atom stereocenters. The Morgan fingerprint density at radius 1 is 0.933 bits per heavy atom. The number of hydrogen-bond acceptors (Lipinski definition) is 6. The summed E-state index contributed by atoms with van der Waals surface area (Å²) in [5, 5.41) is 26.0. The molecule has 0 aliphatic rings. The maximum absolute atomic E-state index is 12.8. The molecule has 3 unspecified atom stereocenters. The van der Waals surface area contributed by atoms with Crippen LogP contribution in [0.1, 0.15) is 25.8 Å². The van der Waals surface area contributed by atoms with E-state index in [-0.39, 0.29) is 25.3 Å². The second-order valence-electron chi connectivity index (χ2n) is 7.29. The molecule has 3 amide bonds. The van der Waals surface area contributed by atoms with Gasteiger partial charge in [-0.2, -0.15) is 0 Å². The predicted octanol–water partition coefficient (Wildman–Crippen LogP) is -1.23. The van der Waals surface area contributed by atoms with Crippen molar-refractivity contribution in [3.8, 4) is 0 Å². The van der Waals surface area contributed by atoms with Gasteiger partial charge in [0.2, 0.25) is 17.7 Å².